The third-order valence-electron chi connectivity index (χ3n) is 7.60. The molecule has 11 heteroatoms. The highest BCUT2D eigenvalue weighted by atomic mass is 32.2. The van der Waals surface area contributed by atoms with E-state index in [1.165, 1.54) is 34.6 Å². The lowest BCUT2D eigenvalue weighted by Crippen LogP contribution is -2.37. The highest BCUT2D eigenvalue weighted by molar-refractivity contribution is 7.98. The summed E-state index contributed by atoms with van der Waals surface area (Å²) in [7, 11) is 0. The summed E-state index contributed by atoms with van der Waals surface area (Å²) in [4.78, 5) is 22.6. The van der Waals surface area contributed by atoms with E-state index in [2.05, 4.69) is 15.2 Å². The Kier molecular flexibility index (Phi) is 7.33. The largest absolute Gasteiger partial charge is 0.508 e. The van der Waals surface area contributed by atoms with Crippen LogP contribution in [0, 0.1) is 5.82 Å². The summed E-state index contributed by atoms with van der Waals surface area (Å²) in [6, 6.07) is 14.9. The lowest BCUT2D eigenvalue weighted by atomic mass is 10.0. The fourth-order valence-corrected chi connectivity index (χ4v) is 6.37. The maximum Gasteiger partial charge on any atom is 0.271 e. The number of hydrogen-bond donors (Lipinski definition) is 2. The number of alkyl halides is 1. The summed E-state index contributed by atoms with van der Waals surface area (Å²) >= 11 is 1.50. The number of carbonyl (C=O) groups is 1. The van der Waals surface area contributed by atoms with Crippen LogP contribution in [-0.2, 0) is 6.54 Å². The number of hydrogen-bond acceptors (Lipinski definition) is 7. The standard InChI is InChI=1S/C29H30F2N6O2S/c1-40-26-6-5-19(30)12-23(26)24-13-20(31)16-36(24)28-8-7-27-32-14-25(37(27)34-28)29(39)33-21-9-10-35(17-21)15-18-3-2-4-22(38)11-18/h2-8,11-12,14,20-21,24,38H,9-10,13,15-17H2,1H3,(H,33,39). The van der Waals surface area contributed by atoms with Crippen molar-refractivity contribution in [1.82, 2.24) is 24.8 Å². The molecular weight excluding hydrogens is 534 g/mol. The van der Waals surface area contributed by atoms with Crippen LogP contribution in [-0.4, -0.2) is 68.6 Å². The van der Waals surface area contributed by atoms with Crippen molar-refractivity contribution in [2.45, 2.75) is 42.5 Å². The molecule has 2 aliphatic heterocycles. The summed E-state index contributed by atoms with van der Waals surface area (Å²) in [5, 5.41) is 17.5. The summed E-state index contributed by atoms with van der Waals surface area (Å²) in [5.74, 6) is 0.0973. The highest BCUT2D eigenvalue weighted by Crippen LogP contribution is 2.40. The number of rotatable bonds is 7. The molecule has 0 spiro atoms. The normalized spacial score (nSPS) is 21.4. The van der Waals surface area contributed by atoms with Gasteiger partial charge >= 0.3 is 0 Å². The highest BCUT2D eigenvalue weighted by Gasteiger charge is 2.36. The van der Waals surface area contributed by atoms with Gasteiger partial charge < -0.3 is 15.3 Å². The molecule has 40 heavy (non-hydrogen) atoms. The number of benzene rings is 2. The number of thioether (sulfide) groups is 1. The fraction of sp³-hybridized carbons (Fsp3) is 0.345. The average Bonchev–Trinajstić information content (AvgIpc) is 3.66. The molecule has 4 aromatic rings. The lowest BCUT2D eigenvalue weighted by Gasteiger charge is -2.27. The minimum atomic E-state index is -1.09. The van der Waals surface area contributed by atoms with Gasteiger partial charge in [0.1, 0.15) is 23.6 Å². The van der Waals surface area contributed by atoms with Crippen LogP contribution < -0.4 is 10.2 Å². The molecule has 8 nitrogen and oxygen atoms in total. The van der Waals surface area contributed by atoms with E-state index < -0.39 is 6.17 Å². The van der Waals surface area contributed by atoms with Crippen molar-refractivity contribution in [3.05, 3.63) is 83.4 Å². The van der Waals surface area contributed by atoms with Gasteiger partial charge in [-0.3, -0.25) is 9.69 Å². The zero-order valence-electron chi connectivity index (χ0n) is 22.0. The van der Waals surface area contributed by atoms with Gasteiger partial charge in [-0.15, -0.1) is 16.9 Å². The molecular formula is C29H30F2N6O2S. The van der Waals surface area contributed by atoms with Crippen LogP contribution in [0.1, 0.15) is 40.5 Å². The van der Waals surface area contributed by atoms with Crippen LogP contribution in [0.2, 0.25) is 0 Å². The van der Waals surface area contributed by atoms with Gasteiger partial charge in [0.25, 0.3) is 5.91 Å². The first-order valence-electron chi connectivity index (χ1n) is 13.3. The number of carbonyl (C=O) groups excluding carboxylic acids is 1. The first-order chi connectivity index (χ1) is 19.4. The van der Waals surface area contributed by atoms with Crippen LogP contribution in [0.3, 0.4) is 0 Å². The number of anilines is 1. The smallest absolute Gasteiger partial charge is 0.271 e. The molecule has 2 aromatic heterocycles. The molecule has 2 saturated heterocycles. The van der Waals surface area contributed by atoms with E-state index in [0.29, 0.717) is 30.2 Å². The first kappa shape index (κ1) is 26.5. The summed E-state index contributed by atoms with van der Waals surface area (Å²) in [5.41, 5.74) is 2.55. The number of phenols is 1. The van der Waals surface area contributed by atoms with E-state index in [1.807, 2.05) is 23.3 Å². The Morgan fingerprint density at radius 2 is 2.05 bits per heavy atom. The van der Waals surface area contributed by atoms with Gasteiger partial charge in [-0.25, -0.2) is 18.3 Å². The van der Waals surface area contributed by atoms with E-state index in [0.717, 1.165) is 29.0 Å². The molecule has 208 valence electrons. The SMILES string of the molecule is CSc1ccc(F)cc1C1CC(F)CN1c1ccc2ncc(C(=O)NC3CCN(Cc4cccc(O)c4)C3)n2n1. The van der Waals surface area contributed by atoms with E-state index in [1.54, 1.807) is 30.3 Å². The van der Waals surface area contributed by atoms with Crippen molar-refractivity contribution < 1.29 is 18.7 Å². The molecule has 3 unspecified atom stereocenters. The summed E-state index contributed by atoms with van der Waals surface area (Å²) < 4.78 is 30.4. The van der Waals surface area contributed by atoms with E-state index in [-0.39, 0.29) is 42.5 Å². The van der Waals surface area contributed by atoms with Crippen LogP contribution in [0.25, 0.3) is 5.65 Å². The number of nitrogens with zero attached hydrogens (tertiary/aromatic N) is 5. The lowest BCUT2D eigenvalue weighted by molar-refractivity contribution is 0.0930. The molecule has 0 saturated carbocycles. The zero-order chi connectivity index (χ0) is 27.8. The van der Waals surface area contributed by atoms with Crippen molar-refractivity contribution in [2.75, 3.05) is 30.8 Å². The predicted octanol–water partition coefficient (Wildman–Crippen LogP) is 4.59. The van der Waals surface area contributed by atoms with Gasteiger partial charge in [-0.05, 0) is 66.3 Å². The molecule has 2 N–H and O–H groups in total. The molecule has 0 aliphatic carbocycles. The third-order valence-corrected chi connectivity index (χ3v) is 8.41. The van der Waals surface area contributed by atoms with Crippen molar-refractivity contribution in [3.63, 3.8) is 0 Å². The second-order valence-corrected chi connectivity index (χ2v) is 11.2. The molecule has 0 radical (unpaired) electrons. The van der Waals surface area contributed by atoms with E-state index >= 15 is 0 Å². The van der Waals surface area contributed by atoms with Crippen LogP contribution in [0.15, 0.2) is 65.7 Å². The van der Waals surface area contributed by atoms with Crippen LogP contribution >= 0.6 is 11.8 Å². The number of halogens is 2. The van der Waals surface area contributed by atoms with Gasteiger partial charge in [0.05, 0.1) is 18.8 Å². The summed E-state index contributed by atoms with van der Waals surface area (Å²) in [6.07, 6.45) is 3.36. The number of aromatic nitrogens is 3. The number of phenolic OH excluding ortho intramolecular Hbond substituents is 1. The number of fused-ring (bicyclic) bond motifs is 1. The summed E-state index contributed by atoms with van der Waals surface area (Å²) in [6.45, 7) is 2.34. The second-order valence-electron chi connectivity index (χ2n) is 10.4. The quantitative estimate of drug-likeness (QED) is 0.318. The molecule has 0 bridgehead atoms. The Morgan fingerprint density at radius 1 is 1.18 bits per heavy atom. The topological polar surface area (TPSA) is 86.0 Å². The Bertz CT molecular complexity index is 1550. The minimum Gasteiger partial charge on any atom is -0.508 e. The Hall–Kier alpha value is -3.70. The van der Waals surface area contributed by atoms with E-state index in [9.17, 15) is 18.7 Å². The molecule has 3 atom stereocenters. The van der Waals surface area contributed by atoms with Gasteiger partial charge in [-0.1, -0.05) is 12.1 Å². The Labute approximate surface area is 235 Å². The maximum atomic E-state index is 14.7. The van der Waals surface area contributed by atoms with Crippen molar-refractivity contribution in [1.29, 1.82) is 0 Å². The van der Waals surface area contributed by atoms with Gasteiger partial charge in [0.15, 0.2) is 11.3 Å². The molecule has 6 rings (SSSR count). The van der Waals surface area contributed by atoms with E-state index in [4.69, 9.17) is 5.10 Å². The molecule has 2 aromatic carbocycles. The third kappa shape index (κ3) is 5.35. The van der Waals surface area contributed by atoms with Gasteiger partial charge in [-0.2, -0.15) is 0 Å². The maximum absolute atomic E-state index is 14.7. The van der Waals surface area contributed by atoms with Crippen LogP contribution in [0.5, 0.6) is 5.75 Å². The monoisotopic (exact) mass is 564 g/mol. The fourth-order valence-electron chi connectivity index (χ4n) is 5.74. The number of imidazole rings is 1. The van der Waals surface area contributed by atoms with Crippen molar-refractivity contribution in [3.8, 4) is 5.75 Å². The number of nitrogens with one attached hydrogen (secondary N) is 1. The zero-order valence-corrected chi connectivity index (χ0v) is 22.8. The second kappa shape index (κ2) is 11.1. The molecule has 4 heterocycles. The molecule has 2 aliphatic rings. The first-order valence-corrected chi connectivity index (χ1v) is 14.5. The van der Waals surface area contributed by atoms with Gasteiger partial charge in [0.2, 0.25) is 0 Å². The van der Waals surface area contributed by atoms with Gasteiger partial charge in [0, 0.05) is 37.0 Å². The minimum absolute atomic E-state index is 0.0354. The van der Waals surface area contributed by atoms with Crippen molar-refractivity contribution in [2.24, 2.45) is 0 Å². The molecule has 2 fully saturated rings. The number of amides is 1. The van der Waals surface area contributed by atoms with Crippen molar-refractivity contribution >= 4 is 29.1 Å². The van der Waals surface area contributed by atoms with Crippen LogP contribution in [0.4, 0.5) is 14.6 Å². The average molecular weight is 565 g/mol. The number of aromatic hydroxyl groups is 1. The Morgan fingerprint density at radius 3 is 2.88 bits per heavy atom. The molecule has 1 amide bonds. The number of likely N-dealkylation sites (tertiary alicyclic amines) is 1. The Balaban J connectivity index is 1.20. The predicted molar refractivity (Wildman–Crippen MR) is 150 cm³/mol.